The van der Waals surface area contributed by atoms with Crippen LogP contribution in [0.25, 0.3) is 0 Å². The van der Waals surface area contributed by atoms with Crippen molar-refractivity contribution < 1.29 is 16.7 Å². The van der Waals surface area contributed by atoms with E-state index in [9.17, 15) is 16.7 Å². The molecule has 1 aromatic rings. The van der Waals surface area contributed by atoms with Gasteiger partial charge in [-0.3, -0.25) is 0 Å². The zero-order valence-electron chi connectivity index (χ0n) is 5.46. The molecular weight excluding hydrogens is 256 g/mol. The van der Waals surface area contributed by atoms with Gasteiger partial charge in [-0.25, -0.2) is 9.37 Å². The summed E-state index contributed by atoms with van der Waals surface area (Å²) in [6.45, 7) is 0. The third-order valence-corrected chi connectivity index (χ3v) is 2.20. The molecule has 3 nitrogen and oxygen atoms in total. The minimum absolute atomic E-state index is 0.243. The van der Waals surface area contributed by atoms with E-state index in [0.717, 1.165) is 12.3 Å². The van der Waals surface area contributed by atoms with Gasteiger partial charge in [-0.05, 0) is 22.0 Å². The summed E-state index contributed by atoms with van der Waals surface area (Å²) < 4.78 is 45.4. The summed E-state index contributed by atoms with van der Waals surface area (Å²) in [5, 5.41) is -1.19. The van der Waals surface area contributed by atoms with E-state index in [4.69, 9.17) is 0 Å². The van der Waals surface area contributed by atoms with E-state index in [-0.39, 0.29) is 4.47 Å². The summed E-state index contributed by atoms with van der Waals surface area (Å²) in [4.78, 5) is 3.06. The highest BCUT2D eigenvalue weighted by atomic mass is 79.9. The second-order valence-corrected chi connectivity index (χ2v) is 4.06. The van der Waals surface area contributed by atoms with Crippen LogP contribution < -0.4 is 0 Å². The van der Waals surface area contributed by atoms with Gasteiger partial charge in [0.2, 0.25) is 5.03 Å². The first-order chi connectivity index (χ1) is 5.41. The number of halogens is 3. The Morgan fingerprint density at radius 1 is 1.50 bits per heavy atom. The molecule has 0 amide bonds. The van der Waals surface area contributed by atoms with E-state index >= 15 is 0 Å². The van der Waals surface area contributed by atoms with E-state index in [1.807, 2.05) is 0 Å². The zero-order chi connectivity index (χ0) is 9.35. The Morgan fingerprint density at radius 3 is 2.50 bits per heavy atom. The molecule has 0 fully saturated rings. The molecule has 0 N–H and O–H groups in total. The second-order valence-electron chi connectivity index (χ2n) is 1.88. The maximum Gasteiger partial charge on any atom is 0.352 e. The lowest BCUT2D eigenvalue weighted by Crippen LogP contribution is -1.99. The lowest BCUT2D eigenvalue weighted by atomic mass is 10.5. The average molecular weight is 258 g/mol. The van der Waals surface area contributed by atoms with Gasteiger partial charge in [-0.2, -0.15) is 8.42 Å². The van der Waals surface area contributed by atoms with Crippen LogP contribution in [0.15, 0.2) is 21.8 Å². The Hall–Kier alpha value is -0.560. The van der Waals surface area contributed by atoms with E-state index in [1.165, 1.54) is 0 Å². The van der Waals surface area contributed by atoms with Crippen LogP contribution in [0.3, 0.4) is 0 Å². The molecule has 12 heavy (non-hydrogen) atoms. The van der Waals surface area contributed by atoms with E-state index in [1.54, 1.807) is 0 Å². The fourth-order valence-corrected chi connectivity index (χ4v) is 1.36. The van der Waals surface area contributed by atoms with Crippen LogP contribution in [0.1, 0.15) is 0 Å². The highest BCUT2D eigenvalue weighted by Crippen LogP contribution is 2.17. The Kier molecular flexibility index (Phi) is 2.43. The predicted octanol–water partition coefficient (Wildman–Crippen LogP) is 1.64. The van der Waals surface area contributed by atoms with Crippen molar-refractivity contribution in [2.45, 2.75) is 5.03 Å². The molecule has 1 rings (SSSR count). The van der Waals surface area contributed by atoms with Gasteiger partial charge in [0.1, 0.15) is 0 Å². The fourth-order valence-electron chi connectivity index (χ4n) is 0.581. The van der Waals surface area contributed by atoms with Gasteiger partial charge in [0.15, 0.2) is 5.82 Å². The van der Waals surface area contributed by atoms with Crippen LogP contribution in [0, 0.1) is 5.82 Å². The first-order valence-corrected chi connectivity index (χ1v) is 4.84. The van der Waals surface area contributed by atoms with Crippen molar-refractivity contribution in [1.29, 1.82) is 0 Å². The van der Waals surface area contributed by atoms with Gasteiger partial charge in [0, 0.05) is 10.7 Å². The largest absolute Gasteiger partial charge is 0.352 e. The predicted molar refractivity (Wildman–Crippen MR) is 40.2 cm³/mol. The summed E-state index contributed by atoms with van der Waals surface area (Å²) in [5.74, 6) is -1.22. The molecule has 0 aromatic carbocycles. The number of nitrogens with zero attached hydrogens (tertiary/aromatic N) is 1. The molecule has 0 saturated heterocycles. The van der Waals surface area contributed by atoms with Crippen molar-refractivity contribution in [3.8, 4) is 0 Å². The van der Waals surface area contributed by atoms with Crippen LogP contribution in [-0.2, 0) is 10.2 Å². The molecule has 0 aliphatic heterocycles. The van der Waals surface area contributed by atoms with E-state index in [0.29, 0.717) is 0 Å². The SMILES string of the molecule is O=S(=O)(F)c1ncc(Br)cc1F. The molecule has 7 heteroatoms. The summed E-state index contributed by atoms with van der Waals surface area (Å²) in [7, 11) is -5.06. The average Bonchev–Trinajstić information content (AvgIpc) is 1.83. The van der Waals surface area contributed by atoms with Crippen LogP contribution in [0.5, 0.6) is 0 Å². The maximum absolute atomic E-state index is 12.6. The first-order valence-electron chi connectivity index (χ1n) is 2.67. The lowest BCUT2D eigenvalue weighted by molar-refractivity contribution is 0.522. The van der Waals surface area contributed by atoms with E-state index in [2.05, 4.69) is 20.9 Å². The smallest absolute Gasteiger partial charge is 0.239 e. The number of rotatable bonds is 1. The molecule has 0 atom stereocenters. The maximum atomic E-state index is 12.6. The molecule has 0 bridgehead atoms. The van der Waals surface area contributed by atoms with Crippen LogP contribution in [-0.4, -0.2) is 13.4 Å². The van der Waals surface area contributed by atoms with E-state index < -0.39 is 21.1 Å². The van der Waals surface area contributed by atoms with Crippen molar-refractivity contribution in [2.75, 3.05) is 0 Å². The topological polar surface area (TPSA) is 47.0 Å². The molecule has 66 valence electrons. The number of hydrogen-bond donors (Lipinski definition) is 0. The van der Waals surface area contributed by atoms with Crippen molar-refractivity contribution in [1.82, 2.24) is 4.98 Å². The first kappa shape index (κ1) is 9.53. The van der Waals surface area contributed by atoms with Crippen LogP contribution in [0.4, 0.5) is 8.28 Å². The van der Waals surface area contributed by atoms with Crippen molar-refractivity contribution in [2.24, 2.45) is 0 Å². The monoisotopic (exact) mass is 257 g/mol. The van der Waals surface area contributed by atoms with Crippen LogP contribution >= 0.6 is 15.9 Å². The van der Waals surface area contributed by atoms with Gasteiger partial charge in [0.05, 0.1) is 0 Å². The Balaban J connectivity index is 3.39. The summed E-state index contributed by atoms with van der Waals surface area (Å²) in [6.07, 6.45) is 0.996. The number of aromatic nitrogens is 1. The molecule has 0 radical (unpaired) electrons. The van der Waals surface area contributed by atoms with Gasteiger partial charge < -0.3 is 0 Å². The van der Waals surface area contributed by atoms with Crippen molar-refractivity contribution in [3.05, 3.63) is 22.6 Å². The molecular formula is C5H2BrF2NO2S. The van der Waals surface area contributed by atoms with Crippen LogP contribution in [0.2, 0.25) is 0 Å². The molecule has 0 aliphatic carbocycles. The second kappa shape index (κ2) is 3.06. The third-order valence-electron chi connectivity index (χ3n) is 1.01. The molecule has 0 saturated carbocycles. The Labute approximate surface area is 75.8 Å². The highest BCUT2D eigenvalue weighted by molar-refractivity contribution is 9.10. The van der Waals surface area contributed by atoms with Crippen molar-refractivity contribution >= 4 is 26.2 Å². The highest BCUT2D eigenvalue weighted by Gasteiger charge is 2.19. The zero-order valence-corrected chi connectivity index (χ0v) is 7.86. The molecule has 1 heterocycles. The molecule has 0 unspecified atom stereocenters. The minimum atomic E-state index is -5.06. The number of pyridine rings is 1. The number of hydrogen-bond acceptors (Lipinski definition) is 3. The quantitative estimate of drug-likeness (QED) is 0.719. The van der Waals surface area contributed by atoms with Gasteiger partial charge in [0.25, 0.3) is 0 Å². The third kappa shape index (κ3) is 1.98. The fraction of sp³-hybridized carbons (Fsp3) is 0. The Bertz CT molecular complexity index is 406. The van der Waals surface area contributed by atoms with Gasteiger partial charge in [-0.15, -0.1) is 0 Å². The summed E-state index contributed by atoms with van der Waals surface area (Å²) in [6, 6.07) is 0.819. The standard InChI is InChI=1S/C5H2BrF2NO2S/c6-3-1-4(7)5(9-2-3)12(8,10)11/h1-2H. The summed E-state index contributed by atoms with van der Waals surface area (Å²) >= 11 is 2.84. The lowest BCUT2D eigenvalue weighted by Gasteiger charge is -1.95. The Morgan fingerprint density at radius 2 is 2.08 bits per heavy atom. The summed E-state index contributed by atoms with van der Waals surface area (Å²) in [5.41, 5.74) is 0. The van der Waals surface area contributed by atoms with Crippen molar-refractivity contribution in [3.63, 3.8) is 0 Å². The van der Waals surface area contributed by atoms with Gasteiger partial charge in [-0.1, -0.05) is 3.89 Å². The minimum Gasteiger partial charge on any atom is -0.239 e. The van der Waals surface area contributed by atoms with Gasteiger partial charge >= 0.3 is 10.2 Å². The normalized spacial score (nSPS) is 11.6. The molecule has 0 spiro atoms. The molecule has 0 aliphatic rings. The molecule has 1 aromatic heterocycles.